The number of benzene rings is 2. The van der Waals surface area contributed by atoms with Gasteiger partial charge in [-0.3, -0.25) is 9.67 Å². The van der Waals surface area contributed by atoms with Crippen LogP contribution in [0.2, 0.25) is 0 Å². The van der Waals surface area contributed by atoms with Crippen molar-refractivity contribution in [1.82, 2.24) is 24.7 Å². The second-order valence-corrected chi connectivity index (χ2v) is 9.75. The van der Waals surface area contributed by atoms with Crippen molar-refractivity contribution in [2.75, 3.05) is 11.9 Å². The molecule has 1 N–H and O–H groups in total. The molecule has 0 radical (unpaired) electrons. The summed E-state index contributed by atoms with van der Waals surface area (Å²) in [6.07, 6.45) is 2.02. The Balaban J connectivity index is 1.43. The molecular weight excluding hydrogens is 536 g/mol. The van der Waals surface area contributed by atoms with Crippen molar-refractivity contribution in [3.8, 4) is 17.3 Å². The van der Waals surface area contributed by atoms with Crippen molar-refractivity contribution in [2.45, 2.75) is 45.6 Å². The summed E-state index contributed by atoms with van der Waals surface area (Å²) < 4.78 is 63.2. The van der Waals surface area contributed by atoms with Crippen LogP contribution < -0.4 is 10.1 Å². The van der Waals surface area contributed by atoms with Crippen LogP contribution in [0.25, 0.3) is 22.4 Å². The van der Waals surface area contributed by atoms with Gasteiger partial charge in [0.05, 0.1) is 18.7 Å². The van der Waals surface area contributed by atoms with E-state index in [1.807, 2.05) is 24.3 Å². The van der Waals surface area contributed by atoms with Gasteiger partial charge in [-0.2, -0.15) is 5.10 Å². The highest BCUT2D eigenvalue weighted by Crippen LogP contribution is 2.34. The maximum Gasteiger partial charge on any atom is 0.280 e. The summed E-state index contributed by atoms with van der Waals surface area (Å²) >= 11 is 0. The number of fused-ring (bicyclic) bond motifs is 2. The maximum atomic E-state index is 14.9. The molecule has 0 bridgehead atoms. The Labute approximate surface area is 233 Å². The molecule has 3 aromatic heterocycles. The van der Waals surface area contributed by atoms with Crippen LogP contribution in [-0.2, 0) is 19.4 Å². The van der Waals surface area contributed by atoms with Gasteiger partial charge in [-0.25, -0.2) is 27.5 Å². The molecule has 3 heterocycles. The molecule has 0 amide bonds. The summed E-state index contributed by atoms with van der Waals surface area (Å²) in [6.45, 7) is 1.87. The Bertz CT molecular complexity index is 1720. The molecule has 5 aromatic rings. The number of halogens is 4. The topological polar surface area (TPSA) is 77.8 Å². The molecule has 11 heteroatoms. The fourth-order valence-corrected chi connectivity index (χ4v) is 5.13. The lowest BCUT2D eigenvalue weighted by molar-refractivity contribution is 0.146. The van der Waals surface area contributed by atoms with Gasteiger partial charge in [0, 0.05) is 46.2 Å². The van der Waals surface area contributed by atoms with E-state index in [0.717, 1.165) is 49.1 Å². The largest absolute Gasteiger partial charge is 0.494 e. The minimum atomic E-state index is -2.70. The van der Waals surface area contributed by atoms with Crippen LogP contribution >= 0.6 is 0 Å². The summed E-state index contributed by atoms with van der Waals surface area (Å²) in [7, 11) is 0. The number of pyridine rings is 1. The molecule has 6 rings (SSSR count). The second-order valence-electron chi connectivity index (χ2n) is 9.75. The number of aromatic nitrogens is 5. The number of ether oxygens (including phenoxy) is 1. The first-order valence-electron chi connectivity index (χ1n) is 13.4. The number of alkyl halides is 2. The smallest absolute Gasteiger partial charge is 0.280 e. The molecule has 7 nitrogen and oxygen atoms in total. The minimum absolute atomic E-state index is 0.120. The quantitative estimate of drug-likeness (QED) is 0.202. The molecule has 0 spiro atoms. The first kappa shape index (κ1) is 26.7. The van der Waals surface area contributed by atoms with Crippen LogP contribution in [0.15, 0.2) is 54.7 Å². The van der Waals surface area contributed by atoms with Crippen molar-refractivity contribution in [1.29, 1.82) is 0 Å². The molecular formula is C30H26F4N6O. The molecule has 0 saturated carbocycles. The first-order valence-corrected chi connectivity index (χ1v) is 13.4. The van der Waals surface area contributed by atoms with Gasteiger partial charge >= 0.3 is 0 Å². The normalized spacial score (nSPS) is 13.0. The first-order chi connectivity index (χ1) is 19.9. The fraction of sp³-hybridized carbons (Fsp3) is 0.267. The molecule has 2 aromatic carbocycles. The number of rotatable bonds is 8. The molecule has 0 unspecified atom stereocenters. The monoisotopic (exact) mass is 562 g/mol. The molecule has 1 aliphatic carbocycles. The van der Waals surface area contributed by atoms with Crippen LogP contribution in [0.4, 0.5) is 29.1 Å². The van der Waals surface area contributed by atoms with E-state index in [-0.39, 0.29) is 30.2 Å². The zero-order valence-corrected chi connectivity index (χ0v) is 22.2. The molecule has 0 aliphatic heterocycles. The third-order valence-corrected chi connectivity index (χ3v) is 7.05. The fourth-order valence-electron chi connectivity index (χ4n) is 5.13. The van der Waals surface area contributed by atoms with Crippen molar-refractivity contribution < 1.29 is 22.3 Å². The highest BCUT2D eigenvalue weighted by atomic mass is 19.3. The van der Waals surface area contributed by atoms with Crippen molar-refractivity contribution in [2.24, 2.45) is 0 Å². The summed E-state index contributed by atoms with van der Waals surface area (Å²) in [6, 6.07) is 12.6. The molecule has 0 saturated heterocycles. The number of nitrogens with one attached hydrogen (secondary N) is 1. The van der Waals surface area contributed by atoms with Crippen LogP contribution in [-0.4, -0.2) is 31.3 Å². The average Bonchev–Trinajstić information content (AvgIpc) is 3.34. The Hall–Kier alpha value is -4.54. The Morgan fingerprint density at radius 3 is 2.56 bits per heavy atom. The average molecular weight is 563 g/mol. The summed E-state index contributed by atoms with van der Waals surface area (Å²) in [5.74, 6) is -0.495. The molecule has 41 heavy (non-hydrogen) atoms. The minimum Gasteiger partial charge on any atom is -0.494 e. The Morgan fingerprint density at radius 1 is 1.00 bits per heavy atom. The van der Waals surface area contributed by atoms with Crippen LogP contribution in [0.3, 0.4) is 0 Å². The van der Waals surface area contributed by atoms with E-state index >= 15 is 0 Å². The predicted octanol–water partition coefficient (Wildman–Crippen LogP) is 7.17. The summed E-state index contributed by atoms with van der Waals surface area (Å²) in [5.41, 5.74) is 2.84. The molecule has 0 atom stereocenters. The predicted molar refractivity (Wildman–Crippen MR) is 147 cm³/mol. The van der Waals surface area contributed by atoms with Gasteiger partial charge in [-0.05, 0) is 50.8 Å². The second kappa shape index (κ2) is 11.1. The van der Waals surface area contributed by atoms with Crippen molar-refractivity contribution in [3.05, 3.63) is 88.9 Å². The zero-order valence-electron chi connectivity index (χ0n) is 22.2. The summed E-state index contributed by atoms with van der Waals surface area (Å²) in [4.78, 5) is 13.4. The van der Waals surface area contributed by atoms with E-state index in [9.17, 15) is 17.6 Å². The van der Waals surface area contributed by atoms with Crippen LogP contribution in [0, 0.1) is 11.6 Å². The third kappa shape index (κ3) is 5.31. The number of hydrogen-bond acceptors (Lipinski definition) is 6. The van der Waals surface area contributed by atoms with E-state index in [1.54, 1.807) is 13.0 Å². The van der Waals surface area contributed by atoms with Gasteiger partial charge in [-0.15, -0.1) is 0 Å². The lowest BCUT2D eigenvalue weighted by Crippen LogP contribution is -2.12. The van der Waals surface area contributed by atoms with E-state index in [4.69, 9.17) is 19.8 Å². The Morgan fingerprint density at radius 2 is 1.78 bits per heavy atom. The number of aryl methyl sites for hydroxylation is 1. The van der Waals surface area contributed by atoms with E-state index in [2.05, 4.69) is 10.3 Å². The Kier molecular flexibility index (Phi) is 7.25. The maximum absolute atomic E-state index is 14.9. The lowest BCUT2D eigenvalue weighted by Gasteiger charge is -2.20. The number of anilines is 2. The van der Waals surface area contributed by atoms with Crippen molar-refractivity contribution in [3.63, 3.8) is 0 Å². The summed E-state index contributed by atoms with van der Waals surface area (Å²) in [5, 5.41) is 8.63. The molecule has 210 valence electrons. The van der Waals surface area contributed by atoms with Gasteiger partial charge < -0.3 is 10.1 Å². The van der Waals surface area contributed by atoms with Crippen LogP contribution in [0.1, 0.15) is 48.7 Å². The van der Waals surface area contributed by atoms with E-state index in [0.29, 0.717) is 33.9 Å². The SMILES string of the molecule is CCOc1cc(F)c(Cn2nc(-c3nc4c(c(Nc5ccnc(C(F)F)c5)n3)CCCC4)c3ccccc32)c(F)c1. The lowest BCUT2D eigenvalue weighted by atomic mass is 9.96. The van der Waals surface area contributed by atoms with Gasteiger partial charge in [0.25, 0.3) is 6.43 Å². The standard InChI is InChI=1S/C30H26F4N6O/c1-2-41-18-14-22(31)21(23(32)15-18)16-40-26-10-6-4-8-20(26)27(39-40)30-37-24-9-5-3-7-19(24)29(38-30)36-17-11-12-35-25(13-17)28(33)34/h4,6,8,10-15,28H,2-3,5,7,9,16H2,1H3,(H,35,36,37,38). The van der Waals surface area contributed by atoms with Gasteiger partial charge in [-0.1, -0.05) is 18.2 Å². The number of nitrogens with zero attached hydrogens (tertiary/aromatic N) is 5. The zero-order chi connectivity index (χ0) is 28.5. The van der Waals surface area contributed by atoms with Gasteiger partial charge in [0.15, 0.2) is 5.82 Å². The van der Waals surface area contributed by atoms with Gasteiger partial charge in [0.1, 0.15) is 34.6 Å². The van der Waals surface area contributed by atoms with E-state index in [1.165, 1.54) is 16.9 Å². The number of hydrogen-bond donors (Lipinski definition) is 1. The number of para-hydroxylation sites is 1. The highest BCUT2D eigenvalue weighted by Gasteiger charge is 2.23. The van der Waals surface area contributed by atoms with E-state index < -0.39 is 18.1 Å². The molecule has 1 aliphatic rings. The van der Waals surface area contributed by atoms with Crippen LogP contribution in [0.5, 0.6) is 5.75 Å². The van der Waals surface area contributed by atoms with Crippen molar-refractivity contribution >= 4 is 22.4 Å². The molecule has 0 fully saturated rings. The highest BCUT2D eigenvalue weighted by molar-refractivity contribution is 5.92. The van der Waals surface area contributed by atoms with Gasteiger partial charge in [0.2, 0.25) is 0 Å². The third-order valence-electron chi connectivity index (χ3n) is 7.05.